The van der Waals surface area contributed by atoms with Gasteiger partial charge in [-0.1, -0.05) is 31.9 Å². The summed E-state index contributed by atoms with van der Waals surface area (Å²) in [6.45, 7) is 9.16. The normalized spacial score (nSPS) is 11.3. The van der Waals surface area contributed by atoms with Crippen LogP contribution in [0.25, 0.3) is 0 Å². The fourth-order valence-corrected chi connectivity index (χ4v) is 2.59. The first-order chi connectivity index (χ1) is 12.4. The first kappa shape index (κ1) is 25.0. The van der Waals surface area contributed by atoms with E-state index in [0.29, 0.717) is 66.1 Å². The van der Waals surface area contributed by atoms with Gasteiger partial charge < -0.3 is 28.4 Å². The van der Waals surface area contributed by atoms with Gasteiger partial charge in [-0.05, 0) is 6.42 Å². The van der Waals surface area contributed by atoms with Crippen LogP contribution >= 0.6 is 0 Å². The van der Waals surface area contributed by atoms with Crippen LogP contribution in [0.3, 0.4) is 0 Å². The molecule has 0 aromatic heterocycles. The molecule has 0 spiro atoms. The van der Waals surface area contributed by atoms with Crippen molar-refractivity contribution in [3.63, 3.8) is 0 Å². The van der Waals surface area contributed by atoms with E-state index >= 15 is 0 Å². The van der Waals surface area contributed by atoms with Gasteiger partial charge in [0.05, 0.1) is 66.1 Å². The van der Waals surface area contributed by atoms with Crippen LogP contribution in [0.2, 0.25) is 12.6 Å². The minimum Gasteiger partial charge on any atom is -0.382 e. The zero-order valence-electron chi connectivity index (χ0n) is 16.3. The minimum absolute atomic E-state index is 0.579. The predicted molar refractivity (Wildman–Crippen MR) is 101 cm³/mol. The van der Waals surface area contributed by atoms with Gasteiger partial charge in [-0.3, -0.25) is 0 Å². The van der Waals surface area contributed by atoms with Crippen LogP contribution in [0.5, 0.6) is 0 Å². The predicted octanol–water partition coefficient (Wildman–Crippen LogP) is 2.45. The molecule has 25 heavy (non-hydrogen) atoms. The Kier molecular flexibility index (Phi) is 24.0. The molecule has 7 heteroatoms. The van der Waals surface area contributed by atoms with Gasteiger partial charge >= 0.3 is 0 Å². The summed E-state index contributed by atoms with van der Waals surface area (Å²) in [5.74, 6) is 0. The van der Waals surface area contributed by atoms with Crippen molar-refractivity contribution < 1.29 is 28.4 Å². The molecule has 0 rings (SSSR count). The smallest absolute Gasteiger partial charge is 0.0701 e. The van der Waals surface area contributed by atoms with Crippen molar-refractivity contribution in [1.82, 2.24) is 0 Å². The molecule has 0 aliphatic rings. The summed E-state index contributed by atoms with van der Waals surface area (Å²) < 4.78 is 32.0. The lowest BCUT2D eigenvalue weighted by molar-refractivity contribution is -0.0148. The highest BCUT2D eigenvalue weighted by Crippen LogP contribution is 2.02. The fraction of sp³-hybridized carbons (Fsp3) is 1.00. The van der Waals surface area contributed by atoms with E-state index in [4.69, 9.17) is 28.4 Å². The molecule has 0 heterocycles. The van der Waals surface area contributed by atoms with Gasteiger partial charge in [0.2, 0.25) is 0 Å². The Morgan fingerprint density at radius 1 is 0.480 bits per heavy atom. The summed E-state index contributed by atoms with van der Waals surface area (Å²) in [5.41, 5.74) is 0. The van der Waals surface area contributed by atoms with Crippen LogP contribution in [0, 0.1) is 0 Å². The average molecular weight is 379 g/mol. The van der Waals surface area contributed by atoms with Crippen LogP contribution in [-0.2, 0) is 28.4 Å². The molecule has 0 bridgehead atoms. The van der Waals surface area contributed by atoms with Gasteiger partial charge in [0.25, 0.3) is 0 Å². The molecule has 150 valence electrons. The van der Waals surface area contributed by atoms with Crippen molar-refractivity contribution in [2.24, 2.45) is 0 Å². The second kappa shape index (κ2) is 24.0. The van der Waals surface area contributed by atoms with E-state index in [1.54, 1.807) is 7.11 Å². The van der Waals surface area contributed by atoms with E-state index in [2.05, 4.69) is 6.55 Å². The van der Waals surface area contributed by atoms with Crippen molar-refractivity contribution in [2.45, 2.75) is 38.3 Å². The third-order valence-electron chi connectivity index (χ3n) is 3.39. The highest BCUT2D eigenvalue weighted by atomic mass is 28.2. The van der Waals surface area contributed by atoms with Crippen LogP contribution in [-0.4, -0.2) is 89.3 Å². The largest absolute Gasteiger partial charge is 0.382 e. The molecule has 0 atom stereocenters. The highest BCUT2D eigenvalue weighted by molar-refractivity contribution is 6.33. The topological polar surface area (TPSA) is 55.4 Å². The number of methoxy groups -OCH3 is 1. The molecule has 0 amide bonds. The van der Waals surface area contributed by atoms with Gasteiger partial charge in [0.15, 0.2) is 0 Å². The lowest BCUT2D eigenvalue weighted by atomic mass is 10.2. The first-order valence-corrected chi connectivity index (χ1v) is 11.1. The van der Waals surface area contributed by atoms with Crippen LogP contribution in [0.1, 0.15) is 25.7 Å². The van der Waals surface area contributed by atoms with E-state index in [1.165, 1.54) is 25.3 Å². The Morgan fingerprint density at radius 3 is 1.32 bits per heavy atom. The SMILES string of the molecule is COCCOCCOCCOCCOCCOCCCCCC[Si]C. The maximum absolute atomic E-state index is 5.54. The van der Waals surface area contributed by atoms with E-state index in [-0.39, 0.29) is 0 Å². The standard InChI is InChI=1S/C18H38O6Si/c1-19-8-9-21-12-13-23-16-17-24-15-14-22-11-10-20-7-5-3-4-6-18-25-2/h3-18H2,1-2H3. The van der Waals surface area contributed by atoms with Crippen molar-refractivity contribution in [3.05, 3.63) is 0 Å². The van der Waals surface area contributed by atoms with Crippen molar-refractivity contribution in [3.8, 4) is 0 Å². The summed E-state index contributed by atoms with van der Waals surface area (Å²) in [6.07, 6.45) is 5.14. The molecule has 2 radical (unpaired) electrons. The van der Waals surface area contributed by atoms with Gasteiger partial charge in [0.1, 0.15) is 0 Å². The third kappa shape index (κ3) is 24.0. The van der Waals surface area contributed by atoms with Crippen LogP contribution in [0.4, 0.5) is 0 Å². The number of hydrogen-bond acceptors (Lipinski definition) is 6. The number of rotatable bonds is 22. The second-order valence-electron chi connectivity index (χ2n) is 5.57. The van der Waals surface area contributed by atoms with Gasteiger partial charge in [-0.15, -0.1) is 0 Å². The fourth-order valence-electron chi connectivity index (χ4n) is 1.98. The van der Waals surface area contributed by atoms with Crippen molar-refractivity contribution in [2.75, 3.05) is 79.8 Å². The molecule has 0 aromatic carbocycles. The Balaban J connectivity index is 2.94. The summed E-state index contributed by atoms with van der Waals surface area (Å²) in [7, 11) is 2.75. The van der Waals surface area contributed by atoms with Crippen molar-refractivity contribution in [1.29, 1.82) is 0 Å². The first-order valence-electron chi connectivity index (χ1n) is 9.44. The van der Waals surface area contributed by atoms with Crippen molar-refractivity contribution >= 4 is 9.52 Å². The number of unbranched alkanes of at least 4 members (excludes halogenated alkanes) is 3. The number of hydrogen-bond donors (Lipinski definition) is 0. The maximum Gasteiger partial charge on any atom is 0.0701 e. The maximum atomic E-state index is 5.54. The summed E-state index contributed by atoms with van der Waals surface area (Å²) >= 11 is 0. The molecule has 0 aliphatic heterocycles. The Bertz CT molecular complexity index is 212. The molecule has 0 unspecified atom stereocenters. The molecule has 6 nitrogen and oxygen atoms in total. The lowest BCUT2D eigenvalue weighted by Crippen LogP contribution is -2.14. The van der Waals surface area contributed by atoms with Gasteiger partial charge in [-0.2, -0.15) is 0 Å². The Morgan fingerprint density at radius 2 is 0.880 bits per heavy atom. The molecule has 0 saturated heterocycles. The average Bonchev–Trinajstić information content (AvgIpc) is 2.63. The summed E-state index contributed by atoms with van der Waals surface area (Å²) in [4.78, 5) is 0. The quantitative estimate of drug-likeness (QED) is 0.213. The van der Waals surface area contributed by atoms with Gasteiger partial charge in [0, 0.05) is 23.2 Å². The lowest BCUT2D eigenvalue weighted by Gasteiger charge is -2.08. The number of ether oxygens (including phenoxy) is 6. The third-order valence-corrected chi connectivity index (χ3v) is 4.24. The molecule has 0 N–H and O–H groups in total. The molecular formula is C18H38O6Si. The molecular weight excluding hydrogens is 340 g/mol. The van der Waals surface area contributed by atoms with Gasteiger partial charge in [-0.25, -0.2) is 0 Å². The van der Waals surface area contributed by atoms with E-state index in [9.17, 15) is 0 Å². The second-order valence-corrected chi connectivity index (χ2v) is 6.78. The molecule has 0 aliphatic carbocycles. The molecule has 0 aromatic rings. The Labute approximate surface area is 156 Å². The van der Waals surface area contributed by atoms with E-state index in [1.807, 2.05) is 0 Å². The minimum atomic E-state index is 0.579. The van der Waals surface area contributed by atoms with Crippen LogP contribution in [0.15, 0.2) is 0 Å². The van der Waals surface area contributed by atoms with E-state index in [0.717, 1.165) is 22.5 Å². The van der Waals surface area contributed by atoms with Crippen LogP contribution < -0.4 is 0 Å². The monoisotopic (exact) mass is 378 g/mol. The molecule has 0 fully saturated rings. The van der Waals surface area contributed by atoms with E-state index < -0.39 is 0 Å². The zero-order chi connectivity index (χ0) is 18.3. The Hall–Kier alpha value is -0.0231. The summed E-state index contributed by atoms with van der Waals surface area (Å²) in [6, 6.07) is 1.38. The molecule has 0 saturated carbocycles. The zero-order valence-corrected chi connectivity index (χ0v) is 17.3. The summed E-state index contributed by atoms with van der Waals surface area (Å²) in [5, 5.41) is 0. The highest BCUT2D eigenvalue weighted by Gasteiger charge is 1.94.